The van der Waals surface area contributed by atoms with Crippen LogP contribution in [0.25, 0.3) is 10.9 Å². The average Bonchev–Trinajstić information content (AvgIpc) is 2.28. The molecule has 2 rings (SSSR count). The molecular weight excluding hydrogens is 211 g/mol. The molecule has 16 heavy (non-hydrogen) atoms. The van der Waals surface area contributed by atoms with Crippen molar-refractivity contribution in [2.45, 2.75) is 6.92 Å². The van der Waals surface area contributed by atoms with E-state index in [1.807, 2.05) is 0 Å². The van der Waals surface area contributed by atoms with E-state index in [0.717, 1.165) is 0 Å². The average molecular weight is 220 g/mol. The number of hydrogen-bond donors (Lipinski definition) is 0. The smallest absolute Gasteiger partial charge is 0.357 e. The molecule has 82 valence electrons. The third kappa shape index (κ3) is 1.84. The quantitative estimate of drug-likeness (QED) is 0.726. The number of esters is 1. The molecule has 0 atom stereocenters. The molecule has 1 aromatic heterocycles. The number of benzene rings is 1. The van der Waals surface area contributed by atoms with Crippen LogP contribution in [-0.4, -0.2) is 22.5 Å². The second-order valence-corrected chi connectivity index (χ2v) is 3.10. The van der Waals surface area contributed by atoms with Crippen molar-refractivity contribution in [1.82, 2.24) is 9.97 Å². The topological polar surface area (TPSA) is 52.1 Å². The van der Waals surface area contributed by atoms with Gasteiger partial charge in [0.1, 0.15) is 12.1 Å². The molecule has 1 heterocycles. The molecule has 0 spiro atoms. The summed E-state index contributed by atoms with van der Waals surface area (Å²) < 4.78 is 17.8. The fraction of sp³-hybridized carbons (Fsp3) is 0.182. The van der Waals surface area contributed by atoms with Gasteiger partial charge in [0.2, 0.25) is 0 Å². The summed E-state index contributed by atoms with van der Waals surface area (Å²) in [5.41, 5.74) is 0.546. The zero-order chi connectivity index (χ0) is 11.5. The van der Waals surface area contributed by atoms with Crippen molar-refractivity contribution >= 4 is 16.9 Å². The van der Waals surface area contributed by atoms with Gasteiger partial charge in [0, 0.05) is 11.5 Å². The maximum atomic E-state index is 12.9. The van der Waals surface area contributed by atoms with E-state index in [2.05, 4.69) is 9.97 Å². The minimum atomic E-state index is -0.526. The summed E-state index contributed by atoms with van der Waals surface area (Å²) >= 11 is 0. The highest BCUT2D eigenvalue weighted by Gasteiger charge is 2.13. The van der Waals surface area contributed by atoms with Crippen LogP contribution in [0, 0.1) is 5.82 Å². The highest BCUT2D eigenvalue weighted by Crippen LogP contribution is 2.16. The van der Waals surface area contributed by atoms with Crippen molar-refractivity contribution < 1.29 is 13.9 Å². The van der Waals surface area contributed by atoms with Crippen molar-refractivity contribution in [2.24, 2.45) is 0 Å². The Kier molecular flexibility index (Phi) is 2.76. The predicted molar refractivity (Wildman–Crippen MR) is 55.5 cm³/mol. The molecule has 2 aromatic rings. The van der Waals surface area contributed by atoms with Crippen molar-refractivity contribution in [2.75, 3.05) is 6.61 Å². The molecule has 0 amide bonds. The normalized spacial score (nSPS) is 10.4. The van der Waals surface area contributed by atoms with Gasteiger partial charge >= 0.3 is 5.97 Å². The number of fused-ring (bicyclic) bond motifs is 1. The van der Waals surface area contributed by atoms with E-state index in [9.17, 15) is 9.18 Å². The van der Waals surface area contributed by atoms with Crippen LogP contribution in [0.4, 0.5) is 4.39 Å². The molecule has 0 bridgehead atoms. The second kappa shape index (κ2) is 4.22. The summed E-state index contributed by atoms with van der Waals surface area (Å²) in [6.45, 7) is 1.98. The first kappa shape index (κ1) is 10.5. The number of carbonyl (C=O) groups is 1. The minimum absolute atomic E-state index is 0.159. The molecule has 0 fully saturated rings. The zero-order valence-corrected chi connectivity index (χ0v) is 8.61. The summed E-state index contributed by atoms with van der Waals surface area (Å²) in [4.78, 5) is 19.3. The Bertz CT molecular complexity index is 542. The Morgan fingerprint density at radius 3 is 3.00 bits per heavy atom. The van der Waals surface area contributed by atoms with E-state index in [4.69, 9.17) is 4.74 Å². The van der Waals surface area contributed by atoms with Gasteiger partial charge in [-0.2, -0.15) is 0 Å². The maximum absolute atomic E-state index is 12.9. The monoisotopic (exact) mass is 220 g/mol. The molecule has 5 heteroatoms. The highest BCUT2D eigenvalue weighted by molar-refractivity contribution is 6.01. The Labute approximate surface area is 91.1 Å². The van der Waals surface area contributed by atoms with Gasteiger partial charge in [-0.05, 0) is 19.1 Å². The van der Waals surface area contributed by atoms with Crippen LogP contribution in [0.15, 0.2) is 24.5 Å². The summed E-state index contributed by atoms with van der Waals surface area (Å²) in [6.07, 6.45) is 1.22. The van der Waals surface area contributed by atoms with Crippen LogP contribution in [0.3, 0.4) is 0 Å². The fourth-order valence-electron chi connectivity index (χ4n) is 1.39. The number of carbonyl (C=O) groups excluding carboxylic acids is 1. The summed E-state index contributed by atoms with van der Waals surface area (Å²) in [5.74, 6) is -0.928. The van der Waals surface area contributed by atoms with Gasteiger partial charge in [-0.1, -0.05) is 0 Å². The lowest BCUT2D eigenvalue weighted by molar-refractivity contribution is 0.0522. The van der Waals surface area contributed by atoms with Gasteiger partial charge in [-0.3, -0.25) is 0 Å². The van der Waals surface area contributed by atoms with E-state index in [1.54, 1.807) is 6.92 Å². The number of ether oxygens (including phenoxy) is 1. The first-order valence-electron chi connectivity index (χ1n) is 4.79. The van der Waals surface area contributed by atoms with E-state index < -0.39 is 11.8 Å². The summed E-state index contributed by atoms with van der Waals surface area (Å²) in [7, 11) is 0. The minimum Gasteiger partial charge on any atom is -0.461 e. The molecule has 0 radical (unpaired) electrons. The van der Waals surface area contributed by atoms with Crippen molar-refractivity contribution in [1.29, 1.82) is 0 Å². The molecule has 0 N–H and O–H groups in total. The van der Waals surface area contributed by atoms with Gasteiger partial charge < -0.3 is 4.74 Å². The second-order valence-electron chi connectivity index (χ2n) is 3.10. The number of halogens is 1. The number of nitrogens with zero attached hydrogens (tertiary/aromatic N) is 2. The number of rotatable bonds is 2. The molecule has 0 aliphatic heterocycles. The van der Waals surface area contributed by atoms with Crippen molar-refractivity contribution in [3.8, 4) is 0 Å². The lowest BCUT2D eigenvalue weighted by atomic mass is 10.2. The Balaban J connectivity index is 2.58. The van der Waals surface area contributed by atoms with E-state index in [-0.39, 0.29) is 12.3 Å². The fourth-order valence-corrected chi connectivity index (χ4v) is 1.39. The van der Waals surface area contributed by atoms with Crippen LogP contribution in [-0.2, 0) is 4.74 Å². The molecular formula is C11H9FN2O2. The van der Waals surface area contributed by atoms with Gasteiger partial charge in [0.15, 0.2) is 5.69 Å². The van der Waals surface area contributed by atoms with Crippen molar-refractivity contribution in [3.05, 3.63) is 36.0 Å². The van der Waals surface area contributed by atoms with Crippen LogP contribution < -0.4 is 0 Å². The van der Waals surface area contributed by atoms with Gasteiger partial charge in [0.05, 0.1) is 12.1 Å². The highest BCUT2D eigenvalue weighted by atomic mass is 19.1. The Morgan fingerprint density at radius 1 is 1.44 bits per heavy atom. The summed E-state index contributed by atoms with van der Waals surface area (Å²) in [5, 5.41) is 0.488. The van der Waals surface area contributed by atoms with E-state index in [1.165, 1.54) is 24.5 Å². The first-order chi connectivity index (χ1) is 7.72. The number of hydrogen-bond acceptors (Lipinski definition) is 4. The molecule has 0 saturated heterocycles. The molecule has 1 aromatic carbocycles. The lowest BCUT2D eigenvalue weighted by Gasteiger charge is -2.03. The third-order valence-electron chi connectivity index (χ3n) is 2.07. The standard InChI is InChI=1S/C11H9FN2O2/c1-2-16-11(15)10-8-4-3-7(12)5-9(8)13-6-14-10/h3-6H,2H2,1H3. The van der Waals surface area contributed by atoms with Crippen LogP contribution in [0.2, 0.25) is 0 Å². The predicted octanol–water partition coefficient (Wildman–Crippen LogP) is 1.95. The zero-order valence-electron chi connectivity index (χ0n) is 8.61. The third-order valence-corrected chi connectivity index (χ3v) is 2.07. The molecule has 0 aliphatic rings. The van der Waals surface area contributed by atoms with E-state index >= 15 is 0 Å². The van der Waals surface area contributed by atoms with Crippen molar-refractivity contribution in [3.63, 3.8) is 0 Å². The SMILES string of the molecule is CCOC(=O)c1ncnc2cc(F)ccc12. The van der Waals surface area contributed by atoms with Crippen LogP contribution >= 0.6 is 0 Å². The Morgan fingerprint density at radius 2 is 2.25 bits per heavy atom. The molecule has 0 unspecified atom stereocenters. The molecule has 0 aliphatic carbocycles. The van der Waals surface area contributed by atoms with Gasteiger partial charge in [-0.25, -0.2) is 19.2 Å². The van der Waals surface area contributed by atoms with Crippen LogP contribution in [0.1, 0.15) is 17.4 Å². The molecule has 0 saturated carbocycles. The summed E-state index contributed by atoms with van der Waals surface area (Å²) in [6, 6.07) is 3.98. The van der Waals surface area contributed by atoms with E-state index in [0.29, 0.717) is 10.9 Å². The lowest BCUT2D eigenvalue weighted by Crippen LogP contribution is -2.08. The van der Waals surface area contributed by atoms with Gasteiger partial charge in [0.25, 0.3) is 0 Å². The van der Waals surface area contributed by atoms with Gasteiger partial charge in [-0.15, -0.1) is 0 Å². The first-order valence-corrected chi connectivity index (χ1v) is 4.79. The number of aromatic nitrogens is 2. The van der Waals surface area contributed by atoms with Crippen LogP contribution in [0.5, 0.6) is 0 Å². The maximum Gasteiger partial charge on any atom is 0.357 e. The largest absolute Gasteiger partial charge is 0.461 e. The molecule has 4 nitrogen and oxygen atoms in total. The Hall–Kier alpha value is -2.04.